The minimum atomic E-state index is -0.226. The molecule has 3 aromatic carbocycles. The molecule has 1 aliphatic heterocycles. The highest BCUT2D eigenvalue weighted by Gasteiger charge is 2.21. The Labute approximate surface area is 169 Å². The molecule has 0 fully saturated rings. The molecule has 6 heteroatoms. The lowest BCUT2D eigenvalue weighted by molar-refractivity contribution is 0.0946. The topological polar surface area (TPSA) is 66.0 Å². The lowest BCUT2D eigenvalue weighted by Crippen LogP contribution is -2.23. The number of methoxy groups -OCH3 is 1. The Balaban J connectivity index is 1.40. The fourth-order valence-corrected chi connectivity index (χ4v) is 3.06. The van der Waals surface area contributed by atoms with Crippen molar-refractivity contribution in [2.75, 3.05) is 13.9 Å². The van der Waals surface area contributed by atoms with Crippen molar-refractivity contribution in [3.63, 3.8) is 0 Å². The third kappa shape index (κ3) is 4.27. The van der Waals surface area contributed by atoms with Crippen LogP contribution in [0.4, 0.5) is 0 Å². The standard InChI is InChI=1S/C23H21NO5/c1-26-21-12-17(10-11-19(21)27-14-16-6-3-2-4-7-16)13-24-23(25)18-8-5-9-20-22(18)29-15-28-20/h2-12H,13-15H2,1H3,(H,24,25). The summed E-state index contributed by atoms with van der Waals surface area (Å²) in [5, 5.41) is 2.90. The van der Waals surface area contributed by atoms with Crippen LogP contribution in [0.5, 0.6) is 23.0 Å². The fraction of sp³-hybridized carbons (Fsp3) is 0.174. The van der Waals surface area contributed by atoms with Crippen molar-refractivity contribution < 1.29 is 23.7 Å². The van der Waals surface area contributed by atoms with E-state index in [-0.39, 0.29) is 12.7 Å². The number of ether oxygens (including phenoxy) is 4. The summed E-state index contributed by atoms with van der Waals surface area (Å²) in [5.41, 5.74) is 2.43. The molecule has 0 saturated carbocycles. The van der Waals surface area contributed by atoms with Crippen LogP contribution in [0.1, 0.15) is 21.5 Å². The molecule has 3 aromatic rings. The molecular weight excluding hydrogens is 370 g/mol. The Morgan fingerprint density at radius 2 is 1.83 bits per heavy atom. The maximum absolute atomic E-state index is 12.6. The number of amides is 1. The monoisotopic (exact) mass is 391 g/mol. The van der Waals surface area contributed by atoms with Gasteiger partial charge in [-0.05, 0) is 35.4 Å². The van der Waals surface area contributed by atoms with E-state index in [0.29, 0.717) is 41.7 Å². The molecule has 148 valence electrons. The summed E-state index contributed by atoms with van der Waals surface area (Å²) < 4.78 is 22.0. The van der Waals surface area contributed by atoms with E-state index >= 15 is 0 Å². The highest BCUT2D eigenvalue weighted by atomic mass is 16.7. The minimum Gasteiger partial charge on any atom is -0.493 e. The van der Waals surface area contributed by atoms with E-state index in [2.05, 4.69) is 5.32 Å². The molecule has 0 radical (unpaired) electrons. The van der Waals surface area contributed by atoms with Gasteiger partial charge in [-0.1, -0.05) is 42.5 Å². The van der Waals surface area contributed by atoms with Crippen LogP contribution in [0, 0.1) is 0 Å². The number of carbonyl (C=O) groups is 1. The first kappa shape index (κ1) is 18.7. The molecule has 4 rings (SSSR count). The zero-order chi connectivity index (χ0) is 20.1. The van der Waals surface area contributed by atoms with Gasteiger partial charge in [0.25, 0.3) is 5.91 Å². The van der Waals surface area contributed by atoms with E-state index in [4.69, 9.17) is 18.9 Å². The van der Waals surface area contributed by atoms with Gasteiger partial charge in [0.1, 0.15) is 6.61 Å². The fourth-order valence-electron chi connectivity index (χ4n) is 3.06. The van der Waals surface area contributed by atoms with Gasteiger partial charge in [-0.25, -0.2) is 0 Å². The zero-order valence-electron chi connectivity index (χ0n) is 16.0. The Kier molecular flexibility index (Phi) is 5.52. The van der Waals surface area contributed by atoms with E-state index < -0.39 is 0 Å². The van der Waals surface area contributed by atoms with E-state index in [0.717, 1.165) is 11.1 Å². The van der Waals surface area contributed by atoms with E-state index in [1.54, 1.807) is 25.3 Å². The van der Waals surface area contributed by atoms with Crippen molar-refractivity contribution in [2.45, 2.75) is 13.2 Å². The van der Waals surface area contributed by atoms with Gasteiger partial charge in [-0.2, -0.15) is 0 Å². The molecule has 0 aromatic heterocycles. The van der Waals surface area contributed by atoms with E-state index in [1.165, 1.54) is 0 Å². The van der Waals surface area contributed by atoms with Crippen LogP contribution in [-0.4, -0.2) is 19.8 Å². The molecule has 29 heavy (non-hydrogen) atoms. The van der Waals surface area contributed by atoms with E-state index in [9.17, 15) is 4.79 Å². The van der Waals surface area contributed by atoms with Gasteiger partial charge in [0.05, 0.1) is 12.7 Å². The predicted octanol–water partition coefficient (Wildman–Crippen LogP) is 3.93. The molecule has 1 aliphatic rings. The first-order chi connectivity index (χ1) is 14.2. The highest BCUT2D eigenvalue weighted by molar-refractivity contribution is 5.97. The minimum absolute atomic E-state index is 0.126. The number of benzene rings is 3. The molecule has 0 saturated heterocycles. The van der Waals surface area contributed by atoms with Crippen molar-refractivity contribution in [2.24, 2.45) is 0 Å². The van der Waals surface area contributed by atoms with E-state index in [1.807, 2.05) is 48.5 Å². The quantitative estimate of drug-likeness (QED) is 0.661. The van der Waals surface area contributed by atoms with Gasteiger partial charge in [0, 0.05) is 6.54 Å². The average molecular weight is 391 g/mol. The molecule has 1 N–H and O–H groups in total. The van der Waals surface area contributed by atoms with Crippen LogP contribution in [0.3, 0.4) is 0 Å². The van der Waals surface area contributed by atoms with Crippen molar-refractivity contribution in [3.05, 3.63) is 83.4 Å². The summed E-state index contributed by atoms with van der Waals surface area (Å²) >= 11 is 0. The highest BCUT2D eigenvalue weighted by Crippen LogP contribution is 2.35. The van der Waals surface area contributed by atoms with Crippen LogP contribution in [-0.2, 0) is 13.2 Å². The average Bonchev–Trinajstić information content (AvgIpc) is 3.26. The van der Waals surface area contributed by atoms with Gasteiger partial charge >= 0.3 is 0 Å². The number of fused-ring (bicyclic) bond motifs is 1. The number of hydrogen-bond donors (Lipinski definition) is 1. The Hall–Kier alpha value is -3.67. The van der Waals surface area contributed by atoms with Crippen molar-refractivity contribution in [1.82, 2.24) is 5.32 Å². The van der Waals surface area contributed by atoms with Gasteiger partial charge in [0.15, 0.2) is 23.0 Å². The summed E-state index contributed by atoms with van der Waals surface area (Å²) in [6.45, 7) is 0.925. The second-order valence-electron chi connectivity index (χ2n) is 6.48. The Bertz CT molecular complexity index is 1000. The van der Waals surface area contributed by atoms with Gasteiger partial charge in [-0.3, -0.25) is 4.79 Å². The summed E-state index contributed by atoms with van der Waals surface area (Å²) in [7, 11) is 1.59. The number of rotatable bonds is 7. The lowest BCUT2D eigenvalue weighted by atomic mass is 10.1. The van der Waals surface area contributed by atoms with Crippen LogP contribution in [0.15, 0.2) is 66.7 Å². The van der Waals surface area contributed by atoms with Crippen LogP contribution in [0.2, 0.25) is 0 Å². The first-order valence-electron chi connectivity index (χ1n) is 9.25. The molecule has 1 amide bonds. The van der Waals surface area contributed by atoms with Crippen molar-refractivity contribution in [1.29, 1.82) is 0 Å². The lowest BCUT2D eigenvalue weighted by Gasteiger charge is -2.13. The molecular formula is C23H21NO5. The molecule has 0 atom stereocenters. The third-order valence-corrected chi connectivity index (χ3v) is 4.56. The van der Waals surface area contributed by atoms with Crippen molar-refractivity contribution in [3.8, 4) is 23.0 Å². The SMILES string of the molecule is COc1cc(CNC(=O)c2cccc3c2OCO3)ccc1OCc1ccccc1. The summed E-state index contributed by atoms with van der Waals surface area (Å²) in [5.74, 6) is 2.10. The number of para-hydroxylation sites is 1. The maximum Gasteiger partial charge on any atom is 0.255 e. The normalized spacial score (nSPS) is 11.8. The molecule has 0 aliphatic carbocycles. The molecule has 0 unspecified atom stereocenters. The number of hydrogen-bond acceptors (Lipinski definition) is 5. The number of nitrogens with one attached hydrogen (secondary N) is 1. The van der Waals surface area contributed by atoms with Gasteiger partial charge in [-0.15, -0.1) is 0 Å². The van der Waals surface area contributed by atoms with Crippen LogP contribution < -0.4 is 24.3 Å². The van der Waals surface area contributed by atoms with Crippen molar-refractivity contribution >= 4 is 5.91 Å². The Morgan fingerprint density at radius 1 is 0.966 bits per heavy atom. The summed E-state index contributed by atoms with van der Waals surface area (Å²) in [4.78, 5) is 12.6. The molecule has 6 nitrogen and oxygen atoms in total. The van der Waals surface area contributed by atoms with Gasteiger partial charge < -0.3 is 24.3 Å². The predicted molar refractivity (Wildman–Crippen MR) is 108 cm³/mol. The second-order valence-corrected chi connectivity index (χ2v) is 6.48. The van der Waals surface area contributed by atoms with Crippen LogP contribution in [0.25, 0.3) is 0 Å². The molecule has 1 heterocycles. The number of carbonyl (C=O) groups excluding carboxylic acids is 1. The summed E-state index contributed by atoms with van der Waals surface area (Å²) in [6.07, 6.45) is 0. The Morgan fingerprint density at radius 3 is 2.66 bits per heavy atom. The maximum atomic E-state index is 12.6. The van der Waals surface area contributed by atoms with Gasteiger partial charge in [0.2, 0.25) is 6.79 Å². The van der Waals surface area contributed by atoms with Crippen LogP contribution >= 0.6 is 0 Å². The summed E-state index contributed by atoms with van der Waals surface area (Å²) in [6, 6.07) is 20.8. The third-order valence-electron chi connectivity index (χ3n) is 4.56. The smallest absolute Gasteiger partial charge is 0.255 e. The largest absolute Gasteiger partial charge is 0.493 e. The zero-order valence-corrected chi connectivity index (χ0v) is 16.0. The second kappa shape index (κ2) is 8.56. The first-order valence-corrected chi connectivity index (χ1v) is 9.25. The molecule has 0 spiro atoms. The molecule has 0 bridgehead atoms.